The van der Waals surface area contributed by atoms with Crippen LogP contribution in [0.25, 0.3) is 0 Å². The summed E-state index contributed by atoms with van der Waals surface area (Å²) in [5.74, 6) is 1.35. The van der Waals surface area contributed by atoms with Gasteiger partial charge in [-0.05, 0) is 23.8 Å². The summed E-state index contributed by atoms with van der Waals surface area (Å²) in [6.07, 6.45) is 0. The molecule has 0 saturated carbocycles. The van der Waals surface area contributed by atoms with Gasteiger partial charge in [0.1, 0.15) is 11.5 Å². The van der Waals surface area contributed by atoms with Crippen LogP contribution in [0.5, 0.6) is 11.5 Å². The molecule has 3 rings (SSSR count). The average molecular weight is 454 g/mol. The number of nitrogens with zero attached hydrogens (tertiary/aromatic N) is 4. The molecule has 0 bridgehead atoms. The summed E-state index contributed by atoms with van der Waals surface area (Å²) in [5.41, 5.74) is 11.0. The molecule has 0 aliphatic carbocycles. The number of hydrogen-bond donors (Lipinski definition) is 3. The molecule has 0 spiro atoms. The number of methoxy groups -OCH3 is 2. The summed E-state index contributed by atoms with van der Waals surface area (Å²) < 4.78 is 13.0. The summed E-state index contributed by atoms with van der Waals surface area (Å²) >= 11 is 0. The van der Waals surface area contributed by atoms with Gasteiger partial charge in [0.05, 0.1) is 33.9 Å². The summed E-state index contributed by atoms with van der Waals surface area (Å²) in [6.45, 7) is 0.742. The van der Waals surface area contributed by atoms with Gasteiger partial charge in [-0.2, -0.15) is 4.98 Å². The fourth-order valence-corrected chi connectivity index (χ4v) is 3.21. The van der Waals surface area contributed by atoms with Gasteiger partial charge in [-0.3, -0.25) is 9.56 Å². The molecule has 0 aliphatic rings. The Morgan fingerprint density at radius 3 is 2.39 bits per heavy atom. The first-order chi connectivity index (χ1) is 15.9. The summed E-state index contributed by atoms with van der Waals surface area (Å²) in [6, 6.07) is 14.5. The highest BCUT2D eigenvalue weighted by Gasteiger charge is 2.15. The maximum atomic E-state index is 13.4. The lowest BCUT2D eigenvalue weighted by Crippen LogP contribution is -2.43. The van der Waals surface area contributed by atoms with Gasteiger partial charge < -0.3 is 26.3 Å². The monoisotopic (exact) mass is 453 g/mol. The second-order valence-electron chi connectivity index (χ2n) is 7.07. The molecule has 5 N–H and O–H groups in total. The van der Waals surface area contributed by atoms with Crippen molar-refractivity contribution >= 4 is 11.9 Å². The Bertz CT molecular complexity index is 1230. The van der Waals surface area contributed by atoms with E-state index in [1.54, 1.807) is 31.4 Å². The van der Waals surface area contributed by atoms with Crippen LogP contribution in [0.15, 0.2) is 63.1 Å². The van der Waals surface area contributed by atoms with Crippen molar-refractivity contribution < 1.29 is 9.47 Å². The van der Waals surface area contributed by atoms with Gasteiger partial charge in [-0.15, -0.1) is 0 Å². The van der Waals surface area contributed by atoms with Crippen molar-refractivity contribution in [2.75, 3.05) is 32.6 Å². The molecule has 0 saturated heterocycles. The van der Waals surface area contributed by atoms with Gasteiger partial charge in [0.2, 0.25) is 5.95 Å². The third kappa shape index (κ3) is 5.91. The van der Waals surface area contributed by atoms with Crippen LogP contribution in [0.1, 0.15) is 11.1 Å². The lowest BCUT2D eigenvalue weighted by atomic mass is 10.2. The van der Waals surface area contributed by atoms with E-state index in [-0.39, 0.29) is 38.1 Å². The first kappa shape index (κ1) is 23.4. The predicted molar refractivity (Wildman–Crippen MR) is 126 cm³/mol. The van der Waals surface area contributed by atoms with E-state index in [4.69, 9.17) is 20.9 Å². The number of aliphatic imine (C=N–C) groups is 1. The molecule has 11 heteroatoms. The maximum absolute atomic E-state index is 13.4. The second kappa shape index (κ2) is 10.8. The van der Waals surface area contributed by atoms with Crippen LogP contribution < -0.4 is 37.6 Å². The number of rotatable bonds is 10. The van der Waals surface area contributed by atoms with E-state index in [0.717, 1.165) is 10.1 Å². The van der Waals surface area contributed by atoms with Crippen molar-refractivity contribution in [1.29, 1.82) is 0 Å². The Kier molecular flexibility index (Phi) is 7.68. The van der Waals surface area contributed by atoms with Gasteiger partial charge in [0.15, 0.2) is 5.96 Å². The molecule has 1 aromatic heterocycles. The Labute approximate surface area is 190 Å². The Morgan fingerprint density at radius 2 is 1.73 bits per heavy atom. The molecule has 11 nitrogen and oxygen atoms in total. The lowest BCUT2D eigenvalue weighted by Gasteiger charge is -2.16. The number of para-hydroxylation sites is 1. The van der Waals surface area contributed by atoms with E-state index in [2.05, 4.69) is 15.3 Å². The maximum Gasteiger partial charge on any atom is 0.355 e. The number of aromatic nitrogens is 3. The summed E-state index contributed by atoms with van der Waals surface area (Å²) in [7, 11) is 3.11. The molecule has 0 fully saturated rings. The van der Waals surface area contributed by atoms with Gasteiger partial charge in [0, 0.05) is 12.1 Å². The summed E-state index contributed by atoms with van der Waals surface area (Å²) in [4.78, 5) is 34.2. The summed E-state index contributed by atoms with van der Waals surface area (Å²) in [5, 5.41) is 2.98. The van der Waals surface area contributed by atoms with Crippen LogP contribution >= 0.6 is 0 Å². The minimum Gasteiger partial charge on any atom is -0.497 e. The van der Waals surface area contributed by atoms with Crippen molar-refractivity contribution in [2.24, 2.45) is 16.5 Å². The number of hydrogen-bond acceptors (Lipinski definition) is 7. The molecule has 0 unspecified atom stereocenters. The fourth-order valence-electron chi connectivity index (χ4n) is 3.21. The fraction of sp³-hybridized carbons (Fsp3) is 0.273. The minimum atomic E-state index is -0.679. The highest BCUT2D eigenvalue weighted by atomic mass is 16.5. The molecule has 3 aromatic rings. The second-order valence-corrected chi connectivity index (χ2v) is 7.07. The highest BCUT2D eigenvalue weighted by Crippen LogP contribution is 2.17. The average Bonchev–Trinajstić information content (AvgIpc) is 2.82. The highest BCUT2D eigenvalue weighted by molar-refractivity contribution is 5.75. The Balaban J connectivity index is 2.00. The molecular weight excluding hydrogens is 426 g/mol. The molecule has 174 valence electrons. The van der Waals surface area contributed by atoms with Crippen molar-refractivity contribution in [3.05, 3.63) is 80.6 Å². The predicted octanol–water partition coefficient (Wildman–Crippen LogP) is 0.204. The molecule has 0 atom stereocenters. The van der Waals surface area contributed by atoms with Gasteiger partial charge >= 0.3 is 11.4 Å². The van der Waals surface area contributed by atoms with Crippen LogP contribution in [-0.2, 0) is 13.1 Å². The Morgan fingerprint density at radius 1 is 1.00 bits per heavy atom. The Hall–Kier alpha value is -4.28. The van der Waals surface area contributed by atoms with Gasteiger partial charge in [0.25, 0.3) is 0 Å². The van der Waals surface area contributed by atoms with Crippen molar-refractivity contribution in [1.82, 2.24) is 14.1 Å². The normalized spacial score (nSPS) is 10.5. The van der Waals surface area contributed by atoms with E-state index < -0.39 is 11.4 Å². The van der Waals surface area contributed by atoms with Crippen LogP contribution in [0.2, 0.25) is 0 Å². The molecule has 1 heterocycles. The molecule has 0 radical (unpaired) electrons. The topological polar surface area (TPSA) is 152 Å². The first-order valence-electron chi connectivity index (χ1n) is 10.2. The first-order valence-corrected chi connectivity index (χ1v) is 10.2. The SMILES string of the molecule is COc1ccc(Cn2c(NCCN=C(N)N)nc(=O)n(Cc3ccccc3OC)c2=O)cc1. The standard InChI is InChI=1S/C22H27N7O4/c1-32-17-9-7-15(8-10-17)13-28-20(26-12-11-25-19(23)24)27-21(30)29(22(28)31)14-16-5-3-4-6-18(16)33-2/h3-10H,11-14H2,1-2H3,(H4,23,24,25)(H,26,27,30). The number of guanidine groups is 1. The van der Waals surface area contributed by atoms with Gasteiger partial charge in [-0.1, -0.05) is 30.3 Å². The third-order valence-electron chi connectivity index (χ3n) is 4.86. The van der Waals surface area contributed by atoms with Crippen molar-refractivity contribution in [3.63, 3.8) is 0 Å². The van der Waals surface area contributed by atoms with Crippen LogP contribution in [-0.4, -0.2) is 47.4 Å². The van der Waals surface area contributed by atoms with E-state index in [0.29, 0.717) is 17.1 Å². The van der Waals surface area contributed by atoms with E-state index in [1.807, 2.05) is 24.3 Å². The lowest BCUT2D eigenvalue weighted by molar-refractivity contribution is 0.407. The number of anilines is 1. The van der Waals surface area contributed by atoms with Gasteiger partial charge in [-0.25, -0.2) is 14.2 Å². The molecule has 2 aromatic carbocycles. The van der Waals surface area contributed by atoms with Crippen LogP contribution in [0.4, 0.5) is 5.95 Å². The number of ether oxygens (including phenoxy) is 2. The van der Waals surface area contributed by atoms with E-state index in [1.165, 1.54) is 11.7 Å². The largest absolute Gasteiger partial charge is 0.497 e. The van der Waals surface area contributed by atoms with Crippen molar-refractivity contribution in [3.8, 4) is 11.5 Å². The molecule has 0 amide bonds. The van der Waals surface area contributed by atoms with Crippen molar-refractivity contribution in [2.45, 2.75) is 13.1 Å². The quantitative estimate of drug-likeness (QED) is 0.224. The minimum absolute atomic E-state index is 0.0194. The van der Waals surface area contributed by atoms with E-state index >= 15 is 0 Å². The molecular formula is C22H27N7O4. The smallest absolute Gasteiger partial charge is 0.355 e. The van der Waals surface area contributed by atoms with Crippen LogP contribution in [0, 0.1) is 0 Å². The van der Waals surface area contributed by atoms with E-state index in [9.17, 15) is 9.59 Å². The third-order valence-corrected chi connectivity index (χ3v) is 4.86. The molecule has 33 heavy (non-hydrogen) atoms. The zero-order valence-electron chi connectivity index (χ0n) is 18.5. The molecule has 0 aliphatic heterocycles. The number of nitrogens with two attached hydrogens (primary N) is 2. The van der Waals surface area contributed by atoms with Crippen LogP contribution in [0.3, 0.4) is 0 Å². The number of benzene rings is 2. The zero-order chi connectivity index (χ0) is 23.8. The number of nitrogens with one attached hydrogen (secondary N) is 1. The zero-order valence-corrected chi connectivity index (χ0v) is 18.5.